The molecule has 2 heterocycles. The molecule has 0 saturated heterocycles. The molecule has 0 unspecified atom stereocenters. The van der Waals surface area contributed by atoms with Crippen molar-refractivity contribution in [2.45, 2.75) is 44.9 Å². The highest BCUT2D eigenvalue weighted by atomic mass is 16.2. The molecule has 0 saturated carbocycles. The zero-order valence-corrected chi connectivity index (χ0v) is 13.9. The van der Waals surface area contributed by atoms with Gasteiger partial charge in [0.2, 0.25) is 5.91 Å². The number of hydrazone groups is 1. The van der Waals surface area contributed by atoms with Gasteiger partial charge in [-0.05, 0) is 43.7 Å². The molecule has 0 radical (unpaired) electrons. The fourth-order valence-corrected chi connectivity index (χ4v) is 2.95. The average Bonchev–Trinajstić information content (AvgIpc) is 2.60. The van der Waals surface area contributed by atoms with Crippen LogP contribution >= 0.6 is 0 Å². The van der Waals surface area contributed by atoms with E-state index in [9.17, 15) is 9.59 Å². The minimum Gasteiger partial charge on any atom is -0.305 e. The van der Waals surface area contributed by atoms with Crippen LogP contribution < -0.4 is 5.32 Å². The Balaban J connectivity index is 1.59. The van der Waals surface area contributed by atoms with Crippen molar-refractivity contribution >= 4 is 23.3 Å². The van der Waals surface area contributed by atoms with Crippen LogP contribution in [-0.4, -0.2) is 34.6 Å². The molecule has 24 heavy (non-hydrogen) atoms. The van der Waals surface area contributed by atoms with Crippen LogP contribution in [0.5, 0.6) is 0 Å². The molecule has 2 aliphatic rings. The molecule has 0 bridgehead atoms. The van der Waals surface area contributed by atoms with E-state index in [1.807, 2.05) is 18.3 Å². The van der Waals surface area contributed by atoms with Crippen LogP contribution in [0.25, 0.3) is 0 Å². The van der Waals surface area contributed by atoms with Gasteiger partial charge in [-0.15, -0.1) is 0 Å². The number of rotatable bonds is 4. The number of carbonyl (C=O) groups excluding carboxylic acids is 2. The van der Waals surface area contributed by atoms with E-state index in [2.05, 4.69) is 21.5 Å². The summed E-state index contributed by atoms with van der Waals surface area (Å²) in [5.74, 6) is 0.124. The third kappa shape index (κ3) is 4.07. The van der Waals surface area contributed by atoms with E-state index in [-0.39, 0.29) is 11.8 Å². The highest BCUT2D eigenvalue weighted by molar-refractivity contribution is 6.43. The van der Waals surface area contributed by atoms with Gasteiger partial charge in [-0.1, -0.05) is 17.7 Å². The number of hydrogen-bond acceptors (Lipinski definition) is 4. The minimum atomic E-state index is -0.301. The molecule has 1 aliphatic carbocycles. The molecule has 1 aromatic heterocycles. The second-order valence-electron chi connectivity index (χ2n) is 6.25. The van der Waals surface area contributed by atoms with Crippen molar-refractivity contribution in [3.05, 3.63) is 35.5 Å². The monoisotopic (exact) mass is 326 g/mol. The predicted octanol–water partition coefficient (Wildman–Crippen LogP) is 2.67. The predicted molar refractivity (Wildman–Crippen MR) is 92.6 cm³/mol. The summed E-state index contributed by atoms with van der Waals surface area (Å²) >= 11 is 0. The molecule has 126 valence electrons. The first kappa shape index (κ1) is 16.4. The Morgan fingerprint density at radius 3 is 2.79 bits per heavy atom. The zero-order valence-electron chi connectivity index (χ0n) is 13.9. The normalized spacial score (nSPS) is 18.0. The second kappa shape index (κ2) is 7.38. The lowest BCUT2D eigenvalue weighted by Crippen LogP contribution is -2.34. The maximum absolute atomic E-state index is 12.2. The van der Waals surface area contributed by atoms with Crippen molar-refractivity contribution in [2.24, 2.45) is 5.10 Å². The number of nitrogens with one attached hydrogen (secondary N) is 1. The Morgan fingerprint density at radius 1 is 1.25 bits per heavy atom. The van der Waals surface area contributed by atoms with E-state index < -0.39 is 0 Å². The molecule has 2 amide bonds. The van der Waals surface area contributed by atoms with Crippen LogP contribution in [0.2, 0.25) is 0 Å². The SMILES string of the molecule is CN1N=C(C(=O)Nc2ccc(CC3=CCCCC3)cn2)CCC1=O. The van der Waals surface area contributed by atoms with Gasteiger partial charge < -0.3 is 5.32 Å². The Kier molecular flexibility index (Phi) is 5.03. The molecule has 1 aromatic rings. The molecular formula is C18H22N4O2. The second-order valence-corrected chi connectivity index (χ2v) is 6.25. The Labute approximate surface area is 141 Å². The van der Waals surface area contributed by atoms with E-state index in [1.165, 1.54) is 36.3 Å². The Hall–Kier alpha value is -2.50. The molecule has 0 fully saturated rings. The van der Waals surface area contributed by atoms with Crippen LogP contribution in [-0.2, 0) is 16.0 Å². The summed E-state index contributed by atoms with van der Waals surface area (Å²) < 4.78 is 0. The molecule has 1 aliphatic heterocycles. The number of allylic oxidation sites excluding steroid dienone is 2. The van der Waals surface area contributed by atoms with Crippen LogP contribution in [0.3, 0.4) is 0 Å². The highest BCUT2D eigenvalue weighted by Gasteiger charge is 2.22. The first-order valence-corrected chi connectivity index (χ1v) is 8.40. The topological polar surface area (TPSA) is 74.7 Å². The van der Waals surface area contributed by atoms with Gasteiger partial charge in [0.1, 0.15) is 11.5 Å². The third-order valence-electron chi connectivity index (χ3n) is 4.35. The summed E-state index contributed by atoms with van der Waals surface area (Å²) in [7, 11) is 1.56. The van der Waals surface area contributed by atoms with E-state index in [4.69, 9.17) is 0 Å². The van der Waals surface area contributed by atoms with Gasteiger partial charge >= 0.3 is 0 Å². The summed E-state index contributed by atoms with van der Waals surface area (Å²) in [5, 5.41) is 7.97. The van der Waals surface area contributed by atoms with Gasteiger partial charge in [0.15, 0.2) is 0 Å². The number of nitrogens with zero attached hydrogens (tertiary/aromatic N) is 3. The Morgan fingerprint density at radius 2 is 2.12 bits per heavy atom. The number of carbonyl (C=O) groups is 2. The van der Waals surface area contributed by atoms with Crippen molar-refractivity contribution in [2.75, 3.05) is 12.4 Å². The molecule has 3 rings (SSSR count). The van der Waals surface area contributed by atoms with E-state index >= 15 is 0 Å². The van der Waals surface area contributed by atoms with Crippen molar-refractivity contribution in [1.29, 1.82) is 0 Å². The van der Waals surface area contributed by atoms with E-state index in [0.717, 1.165) is 12.0 Å². The van der Waals surface area contributed by atoms with Gasteiger partial charge in [-0.25, -0.2) is 9.99 Å². The largest absolute Gasteiger partial charge is 0.305 e. The van der Waals surface area contributed by atoms with Gasteiger partial charge in [-0.2, -0.15) is 5.10 Å². The van der Waals surface area contributed by atoms with Gasteiger partial charge in [-0.3, -0.25) is 9.59 Å². The molecule has 0 aromatic carbocycles. The molecule has 1 N–H and O–H groups in total. The van der Waals surface area contributed by atoms with Gasteiger partial charge in [0.05, 0.1) is 0 Å². The summed E-state index contributed by atoms with van der Waals surface area (Å²) in [6.07, 6.45) is 10.7. The van der Waals surface area contributed by atoms with Gasteiger partial charge in [0, 0.05) is 26.1 Å². The Bertz CT molecular complexity index is 691. The molecule has 0 spiro atoms. The maximum atomic E-state index is 12.2. The summed E-state index contributed by atoms with van der Waals surface area (Å²) in [5.41, 5.74) is 2.99. The number of amides is 2. The molecule has 6 nitrogen and oxygen atoms in total. The lowest BCUT2D eigenvalue weighted by Gasteiger charge is -2.18. The maximum Gasteiger partial charge on any atom is 0.273 e. The lowest BCUT2D eigenvalue weighted by atomic mass is 9.95. The standard InChI is InChI=1S/C18H22N4O2/c1-22-17(23)10-8-15(21-22)18(24)20-16-9-7-14(12-19-16)11-13-5-3-2-4-6-13/h5,7,9,12H,2-4,6,8,10-11H2,1H3,(H,19,20,24). The summed E-state index contributed by atoms with van der Waals surface area (Å²) in [6.45, 7) is 0. The van der Waals surface area contributed by atoms with E-state index in [1.54, 1.807) is 7.05 Å². The smallest absolute Gasteiger partial charge is 0.273 e. The molecular weight excluding hydrogens is 304 g/mol. The zero-order chi connectivity index (χ0) is 16.9. The van der Waals surface area contributed by atoms with Crippen molar-refractivity contribution < 1.29 is 9.59 Å². The molecule has 6 heteroatoms. The number of pyridine rings is 1. The van der Waals surface area contributed by atoms with Crippen molar-refractivity contribution in [3.63, 3.8) is 0 Å². The fraction of sp³-hybridized carbons (Fsp3) is 0.444. The van der Waals surface area contributed by atoms with Gasteiger partial charge in [0.25, 0.3) is 5.91 Å². The number of aromatic nitrogens is 1. The van der Waals surface area contributed by atoms with Crippen LogP contribution in [0.4, 0.5) is 5.82 Å². The molecule has 0 atom stereocenters. The summed E-state index contributed by atoms with van der Waals surface area (Å²) in [4.78, 5) is 27.9. The summed E-state index contributed by atoms with van der Waals surface area (Å²) in [6, 6.07) is 3.81. The quantitative estimate of drug-likeness (QED) is 0.864. The van der Waals surface area contributed by atoms with Crippen molar-refractivity contribution in [3.8, 4) is 0 Å². The average molecular weight is 326 g/mol. The fourth-order valence-electron chi connectivity index (χ4n) is 2.95. The van der Waals surface area contributed by atoms with Crippen LogP contribution in [0.15, 0.2) is 35.1 Å². The number of hydrogen-bond donors (Lipinski definition) is 1. The first-order chi connectivity index (χ1) is 11.6. The van der Waals surface area contributed by atoms with Crippen LogP contribution in [0.1, 0.15) is 44.1 Å². The first-order valence-electron chi connectivity index (χ1n) is 8.40. The van der Waals surface area contributed by atoms with E-state index in [0.29, 0.717) is 24.4 Å². The highest BCUT2D eigenvalue weighted by Crippen LogP contribution is 2.21. The third-order valence-corrected chi connectivity index (χ3v) is 4.35. The lowest BCUT2D eigenvalue weighted by molar-refractivity contribution is -0.130. The van der Waals surface area contributed by atoms with Crippen molar-refractivity contribution in [1.82, 2.24) is 9.99 Å². The minimum absolute atomic E-state index is 0.0777. The number of anilines is 1. The van der Waals surface area contributed by atoms with Crippen LogP contribution in [0, 0.1) is 0 Å².